The minimum Gasteiger partial charge on any atom is -0.394 e. The fourth-order valence-corrected chi connectivity index (χ4v) is 17.6. The number of ketones is 1. The molecule has 6 aliphatic heterocycles. The Morgan fingerprint density at radius 3 is 1.67 bits per heavy atom. The number of fused-ring (bicyclic) bond motifs is 5. The van der Waals surface area contributed by atoms with Crippen LogP contribution in [-0.4, -0.2) is 305 Å². The summed E-state index contributed by atoms with van der Waals surface area (Å²) in [5.74, 6) is -0.910. The molecule has 10 rings (SSSR count). The second-order valence-electron chi connectivity index (χ2n) is 29.0. The minimum atomic E-state index is -4.91. The summed E-state index contributed by atoms with van der Waals surface area (Å²) in [6, 6.07) is 0. The molecule has 10 aliphatic rings. The van der Waals surface area contributed by atoms with Crippen molar-refractivity contribution in [2.24, 2.45) is 40.4 Å². The van der Waals surface area contributed by atoms with Gasteiger partial charge >= 0.3 is 10.4 Å². The van der Waals surface area contributed by atoms with Gasteiger partial charge in [-0.3, -0.25) is 9.35 Å². The van der Waals surface area contributed by atoms with Gasteiger partial charge in [0, 0.05) is 12.8 Å². The first-order chi connectivity index (χ1) is 44.0. The Hall–Kier alpha value is -1.80. The third kappa shape index (κ3) is 14.8. The Labute approximate surface area is 544 Å². The van der Waals surface area contributed by atoms with Gasteiger partial charge in [-0.25, -0.2) is 4.18 Å². The summed E-state index contributed by atoms with van der Waals surface area (Å²) in [7, 11) is -4.91. The predicted molar refractivity (Wildman–Crippen MR) is 312 cm³/mol. The van der Waals surface area contributed by atoms with Gasteiger partial charge < -0.3 is 133 Å². The molecule has 0 radical (unpaired) electrons. The molecule has 0 unspecified atom stereocenters. The van der Waals surface area contributed by atoms with Crippen molar-refractivity contribution in [1.29, 1.82) is 0 Å². The third-order valence-corrected chi connectivity index (χ3v) is 22.6. The second-order valence-corrected chi connectivity index (χ2v) is 30.0. The predicted octanol–water partition coefficient (Wildman–Crippen LogP) is -4.21. The third-order valence-electron chi connectivity index (χ3n) is 22.1. The molecule has 0 bridgehead atoms. The topological polar surface area (TPSA) is 495 Å². The van der Waals surface area contributed by atoms with Crippen molar-refractivity contribution in [2.45, 2.75) is 303 Å². The molecule has 37 atom stereocenters. The lowest BCUT2D eigenvalue weighted by Gasteiger charge is -2.60. The first-order valence-corrected chi connectivity index (χ1v) is 34.2. The van der Waals surface area contributed by atoms with E-state index >= 15 is 0 Å². The first kappa shape index (κ1) is 74.9. The normalized spacial score (nSPS) is 51.5. The number of Topliss-reactive ketones (excluding diaryl/α,β-unsaturated/α-hetero) is 1. The molecule has 0 aromatic rings. The Balaban J connectivity index is 0.904. The number of aliphatic hydroxyl groups is 15. The highest BCUT2D eigenvalue weighted by molar-refractivity contribution is 7.80. The van der Waals surface area contributed by atoms with Crippen LogP contribution >= 0.6 is 0 Å². The number of hydrogen-bond acceptors (Lipinski definition) is 31. The highest BCUT2D eigenvalue weighted by Crippen LogP contribution is 2.67. The van der Waals surface area contributed by atoms with Crippen LogP contribution in [0.5, 0.6) is 0 Å². The van der Waals surface area contributed by atoms with Crippen molar-refractivity contribution in [2.75, 3.05) is 19.8 Å². The van der Waals surface area contributed by atoms with E-state index in [1.165, 1.54) is 20.8 Å². The zero-order chi connectivity index (χ0) is 68.7. The highest BCUT2D eigenvalue weighted by Gasteiger charge is 2.64. The average molecular weight is 1380 g/mol. The number of carbonyl (C=O) groups is 1. The molecule has 0 aromatic heterocycles. The Bertz CT molecular complexity index is 2700. The van der Waals surface area contributed by atoms with Gasteiger partial charge in [0.25, 0.3) is 0 Å². The van der Waals surface area contributed by atoms with Crippen molar-refractivity contribution >= 4 is 16.2 Å². The number of aliphatic hydroxyl groups excluding tert-OH is 14. The van der Waals surface area contributed by atoms with Crippen LogP contribution in [0.25, 0.3) is 0 Å². The fourth-order valence-electron chi connectivity index (χ4n) is 17.0. The molecular formula is C61H100O32S. The lowest BCUT2D eigenvalue weighted by atomic mass is 9.47. The van der Waals surface area contributed by atoms with Crippen LogP contribution in [0.1, 0.15) is 113 Å². The van der Waals surface area contributed by atoms with E-state index in [4.69, 9.17) is 61.0 Å². The molecule has 542 valence electrons. The monoisotopic (exact) mass is 1380 g/mol. The largest absolute Gasteiger partial charge is 0.397 e. The van der Waals surface area contributed by atoms with Gasteiger partial charge in [-0.2, -0.15) is 8.42 Å². The van der Waals surface area contributed by atoms with E-state index in [-0.39, 0.29) is 48.7 Å². The zero-order valence-electron chi connectivity index (χ0n) is 53.9. The number of hydrogen-bond donors (Lipinski definition) is 16. The van der Waals surface area contributed by atoms with E-state index in [2.05, 4.69) is 19.9 Å². The average Bonchev–Trinajstić information content (AvgIpc) is 1.34. The van der Waals surface area contributed by atoms with Crippen LogP contribution < -0.4 is 0 Å². The molecule has 0 amide bonds. The van der Waals surface area contributed by atoms with Gasteiger partial charge in [0.1, 0.15) is 122 Å². The van der Waals surface area contributed by atoms with Crippen molar-refractivity contribution in [1.82, 2.24) is 0 Å². The Morgan fingerprint density at radius 1 is 0.585 bits per heavy atom. The van der Waals surface area contributed by atoms with Crippen molar-refractivity contribution in [3.8, 4) is 0 Å². The maximum Gasteiger partial charge on any atom is 0.397 e. The molecule has 94 heavy (non-hydrogen) atoms. The summed E-state index contributed by atoms with van der Waals surface area (Å²) in [6.45, 7) is 11.6. The summed E-state index contributed by atoms with van der Waals surface area (Å²) in [5, 5.41) is 168. The lowest BCUT2D eigenvalue weighted by Crippen LogP contribution is -2.67. The number of allylic oxidation sites excluding steroid dienone is 2. The molecule has 32 nitrogen and oxygen atoms in total. The van der Waals surface area contributed by atoms with Gasteiger partial charge in [0.15, 0.2) is 37.7 Å². The molecule has 4 aliphatic carbocycles. The van der Waals surface area contributed by atoms with Gasteiger partial charge in [0.2, 0.25) is 0 Å². The maximum absolute atomic E-state index is 13.3. The van der Waals surface area contributed by atoms with Gasteiger partial charge in [0.05, 0.1) is 55.9 Å². The highest BCUT2D eigenvalue weighted by atomic mass is 32.3. The smallest absolute Gasteiger partial charge is 0.394 e. The molecule has 9 fully saturated rings. The molecule has 6 saturated heterocycles. The van der Waals surface area contributed by atoms with E-state index in [1.807, 2.05) is 13.8 Å². The molecule has 33 heteroatoms. The fraction of sp³-hybridized carbons (Fsp3) is 0.951. The van der Waals surface area contributed by atoms with E-state index in [9.17, 15) is 94.4 Å². The van der Waals surface area contributed by atoms with Crippen LogP contribution in [0.3, 0.4) is 0 Å². The number of ether oxygens (including phenoxy) is 12. The molecule has 6 heterocycles. The van der Waals surface area contributed by atoms with Crippen LogP contribution in [0.4, 0.5) is 0 Å². The molecule has 3 saturated carbocycles. The quantitative estimate of drug-likeness (QED) is 0.0383. The van der Waals surface area contributed by atoms with E-state index < -0.39 is 237 Å². The zero-order valence-corrected chi connectivity index (χ0v) is 54.7. The molecule has 0 aromatic carbocycles. The summed E-state index contributed by atoms with van der Waals surface area (Å²) >= 11 is 0. The minimum absolute atomic E-state index is 0.00397. The Kier molecular flexibility index (Phi) is 23.3. The van der Waals surface area contributed by atoms with Crippen LogP contribution in [0, 0.1) is 40.4 Å². The van der Waals surface area contributed by atoms with Crippen LogP contribution in [-0.2, 0) is 76.2 Å². The summed E-state index contributed by atoms with van der Waals surface area (Å²) < 4.78 is 112. The molecular weight excluding hydrogens is 1280 g/mol. The van der Waals surface area contributed by atoms with Crippen LogP contribution in [0.2, 0.25) is 0 Å². The van der Waals surface area contributed by atoms with Crippen LogP contribution in [0.15, 0.2) is 11.6 Å². The summed E-state index contributed by atoms with van der Waals surface area (Å²) in [6.07, 6.45) is -45.2. The maximum atomic E-state index is 13.3. The van der Waals surface area contributed by atoms with E-state index in [0.29, 0.717) is 38.5 Å². The molecule has 0 spiro atoms. The van der Waals surface area contributed by atoms with Gasteiger partial charge in [-0.1, -0.05) is 39.3 Å². The Morgan fingerprint density at radius 2 is 1.09 bits per heavy atom. The van der Waals surface area contributed by atoms with Crippen molar-refractivity contribution in [3.05, 3.63) is 11.6 Å². The SMILES string of the molecule is CC(C)CC(=O)C[C@](C)(O)[C@H]1CC[C@H]2[C@@H]3C[C@H](O[C@@H]4O[C@H](C)[C@@H](O)[C@H](O[C@@H]5OC[C@@H](O[C@@H]6O[C@H](CO)[C@H](O)[C@H](O)[C@H]6O[C@@H]6O[C@H](C)[C@H](O)[C@H](O[C@@H]7O[C@@H](CO)[C@H](O)[C@H]7O)[C@H]6O)[C@H](O)[C@H]5O[C@@H]5O[C@H](C)[C@@H](O)[C@H](O)[C@H]5O)[C@H]4O)[C@H]4C[C@@H](OS(=O)(=O)O)CC[C@]4(C)C3=CC[C@@]21C. The number of carbonyl (C=O) groups excluding carboxylic acids is 1. The summed E-state index contributed by atoms with van der Waals surface area (Å²) in [4.78, 5) is 13.3. The van der Waals surface area contributed by atoms with Crippen molar-refractivity contribution in [3.63, 3.8) is 0 Å². The van der Waals surface area contributed by atoms with Crippen molar-refractivity contribution < 1.29 is 155 Å². The van der Waals surface area contributed by atoms with E-state index in [1.54, 1.807) is 6.92 Å². The summed E-state index contributed by atoms with van der Waals surface area (Å²) in [5.41, 5.74) is -1.34. The molecule has 16 N–H and O–H groups in total. The lowest BCUT2D eigenvalue weighted by molar-refractivity contribution is -0.400. The second kappa shape index (κ2) is 29.3. The van der Waals surface area contributed by atoms with Gasteiger partial charge in [-0.15, -0.1) is 0 Å². The standard InChI is InChI=1S/C61H100O32S/c1-22(2)15-26(64)18-61(8,77)36-10-9-29-28-17-32(31-16-27(93-94(78,79)80)11-13-59(31,6)30(28)12-14-60(29,36)7)85-55-47(75)50(39(67)24(4)83-55)90-57-51(91-53-46(74)43(71)37(65)23(3)82-53)42(70)35(21-81-57)88-58-52(44(72)40(68)33(19-62)87-58)92-56-48(76)49(38(66)25(5)84-56)89-54-45(73)41(69)34(20-63)86-54/h12,22-25,27-29,31-58,62-63,65-77H,9-11,13-21H2,1-8H3,(H,78,79,80)/t23-,24-,25-,27+,28+,29+,31-,32+,33-,34+,35-,36+,37-,38+,39-,40+,41+,42+,43+,44+,45-,46-,47-,48-,49+,50+,51-,52-,53+,54+,55+,56+,57+,58+,59-,60+,61+/m1/s1. The number of rotatable bonds is 21. The van der Waals surface area contributed by atoms with E-state index in [0.717, 1.165) is 5.57 Å². The first-order valence-electron chi connectivity index (χ1n) is 32.8. The van der Waals surface area contributed by atoms with Gasteiger partial charge in [-0.05, 0) is 113 Å².